The lowest BCUT2D eigenvalue weighted by atomic mass is 9.73. The Morgan fingerprint density at radius 1 is 1.29 bits per heavy atom. The molecule has 0 bridgehead atoms. The van der Waals surface area contributed by atoms with Crippen molar-refractivity contribution in [3.8, 4) is 0 Å². The number of nitrogens with two attached hydrogens (primary N) is 1. The third-order valence-corrected chi connectivity index (χ3v) is 2.57. The van der Waals surface area contributed by atoms with Gasteiger partial charge in [-0.25, -0.2) is 9.97 Å². The van der Waals surface area contributed by atoms with Crippen LogP contribution in [0.5, 0.6) is 0 Å². The Hall–Kier alpha value is -1.00. The molecule has 0 aromatic carbocycles. The molecule has 1 rings (SSSR count). The molecular formula is C10H17N3O. The van der Waals surface area contributed by atoms with Crippen molar-refractivity contribution in [3.63, 3.8) is 0 Å². The smallest absolute Gasteiger partial charge is 0.115 e. The maximum Gasteiger partial charge on any atom is 0.115 e. The first kappa shape index (κ1) is 11.1. The Labute approximate surface area is 84.2 Å². The monoisotopic (exact) mass is 195 g/mol. The predicted octanol–water partition coefficient (Wildman–Crippen LogP) is 0.669. The van der Waals surface area contributed by atoms with Crippen molar-refractivity contribution in [3.05, 3.63) is 24.3 Å². The van der Waals surface area contributed by atoms with Crippen LogP contribution in [0, 0.1) is 5.41 Å². The van der Waals surface area contributed by atoms with Crippen LogP contribution in [0.25, 0.3) is 0 Å². The average Bonchev–Trinajstić information content (AvgIpc) is 2.16. The lowest BCUT2D eigenvalue weighted by molar-refractivity contribution is -0.0562. The summed E-state index contributed by atoms with van der Waals surface area (Å²) >= 11 is 0. The molecule has 1 atom stereocenters. The lowest BCUT2D eigenvalue weighted by Crippen LogP contribution is -2.46. The van der Waals surface area contributed by atoms with E-state index in [1.165, 1.54) is 6.33 Å². The second-order valence-corrected chi connectivity index (χ2v) is 4.44. The van der Waals surface area contributed by atoms with Gasteiger partial charge in [-0.15, -0.1) is 0 Å². The first-order valence-corrected chi connectivity index (χ1v) is 4.60. The zero-order chi connectivity index (χ0) is 10.8. The molecule has 4 heteroatoms. The summed E-state index contributed by atoms with van der Waals surface area (Å²) in [4.78, 5) is 7.77. The molecule has 78 valence electrons. The highest BCUT2D eigenvalue weighted by atomic mass is 16.3. The Bertz CT molecular complexity index is 294. The topological polar surface area (TPSA) is 72.0 Å². The van der Waals surface area contributed by atoms with Crippen molar-refractivity contribution in [1.82, 2.24) is 9.97 Å². The van der Waals surface area contributed by atoms with Gasteiger partial charge in [-0.3, -0.25) is 0 Å². The third kappa shape index (κ3) is 1.76. The van der Waals surface area contributed by atoms with Crippen LogP contribution >= 0.6 is 0 Å². The molecule has 0 radical (unpaired) electrons. The maximum absolute atomic E-state index is 10.4. The SMILES string of the molecule is CC(C)(C)C(O)(CN)c1cncnc1. The zero-order valence-electron chi connectivity index (χ0n) is 8.86. The van der Waals surface area contributed by atoms with E-state index >= 15 is 0 Å². The Balaban J connectivity index is 3.15. The van der Waals surface area contributed by atoms with E-state index < -0.39 is 5.60 Å². The standard InChI is InChI=1S/C10H17N3O/c1-9(2,3)10(14,6-11)8-4-12-7-13-5-8/h4-5,7,14H,6,11H2,1-3H3. The van der Waals surface area contributed by atoms with Gasteiger partial charge in [-0.1, -0.05) is 20.8 Å². The molecule has 1 aromatic heterocycles. The number of hydrogen-bond donors (Lipinski definition) is 2. The van der Waals surface area contributed by atoms with Crippen molar-refractivity contribution in [1.29, 1.82) is 0 Å². The summed E-state index contributed by atoms with van der Waals surface area (Å²) in [7, 11) is 0. The fraction of sp³-hybridized carbons (Fsp3) is 0.600. The van der Waals surface area contributed by atoms with E-state index in [1.54, 1.807) is 12.4 Å². The second-order valence-electron chi connectivity index (χ2n) is 4.44. The fourth-order valence-electron chi connectivity index (χ4n) is 1.37. The summed E-state index contributed by atoms with van der Waals surface area (Å²) < 4.78 is 0. The van der Waals surface area contributed by atoms with Crippen LogP contribution in [-0.2, 0) is 5.60 Å². The van der Waals surface area contributed by atoms with Crippen molar-refractivity contribution >= 4 is 0 Å². The number of aliphatic hydroxyl groups is 1. The predicted molar refractivity (Wildman–Crippen MR) is 54.4 cm³/mol. The summed E-state index contributed by atoms with van der Waals surface area (Å²) in [5, 5.41) is 10.4. The van der Waals surface area contributed by atoms with Crippen molar-refractivity contribution in [2.45, 2.75) is 26.4 Å². The van der Waals surface area contributed by atoms with Crippen LogP contribution in [-0.4, -0.2) is 21.6 Å². The Morgan fingerprint density at radius 2 is 1.79 bits per heavy atom. The van der Waals surface area contributed by atoms with Crippen LogP contribution in [0.4, 0.5) is 0 Å². The van der Waals surface area contributed by atoms with Crippen LogP contribution in [0.2, 0.25) is 0 Å². The summed E-state index contributed by atoms with van der Waals surface area (Å²) in [6.07, 6.45) is 4.64. The first-order valence-electron chi connectivity index (χ1n) is 4.60. The summed E-state index contributed by atoms with van der Waals surface area (Å²) in [6.45, 7) is 5.97. The number of nitrogens with zero attached hydrogens (tertiary/aromatic N) is 2. The molecule has 1 heterocycles. The van der Waals surface area contributed by atoms with E-state index in [9.17, 15) is 5.11 Å². The molecule has 0 spiro atoms. The van der Waals surface area contributed by atoms with Crippen LogP contribution in [0.1, 0.15) is 26.3 Å². The second kappa shape index (κ2) is 3.63. The van der Waals surface area contributed by atoms with Gasteiger partial charge in [0.25, 0.3) is 0 Å². The molecule has 1 aromatic rings. The number of aromatic nitrogens is 2. The van der Waals surface area contributed by atoms with E-state index in [4.69, 9.17) is 5.73 Å². The van der Waals surface area contributed by atoms with E-state index in [0.717, 1.165) is 0 Å². The van der Waals surface area contributed by atoms with Gasteiger partial charge in [-0.05, 0) is 5.41 Å². The molecule has 0 aliphatic heterocycles. The molecule has 0 amide bonds. The minimum absolute atomic E-state index is 0.157. The van der Waals surface area contributed by atoms with Gasteiger partial charge >= 0.3 is 0 Å². The normalized spacial score (nSPS) is 16.4. The zero-order valence-corrected chi connectivity index (χ0v) is 8.86. The van der Waals surface area contributed by atoms with Crippen molar-refractivity contribution < 1.29 is 5.11 Å². The third-order valence-electron chi connectivity index (χ3n) is 2.57. The highest BCUT2D eigenvalue weighted by molar-refractivity contribution is 5.18. The van der Waals surface area contributed by atoms with E-state index in [-0.39, 0.29) is 12.0 Å². The molecule has 0 aliphatic rings. The van der Waals surface area contributed by atoms with E-state index in [1.807, 2.05) is 20.8 Å². The first-order chi connectivity index (χ1) is 6.42. The number of hydrogen-bond acceptors (Lipinski definition) is 4. The number of rotatable bonds is 2. The molecule has 0 saturated carbocycles. The molecular weight excluding hydrogens is 178 g/mol. The van der Waals surface area contributed by atoms with Crippen molar-refractivity contribution in [2.24, 2.45) is 11.1 Å². The molecule has 14 heavy (non-hydrogen) atoms. The summed E-state index contributed by atoms with van der Waals surface area (Å²) in [5.41, 5.74) is 4.87. The molecule has 0 saturated heterocycles. The quantitative estimate of drug-likeness (QED) is 0.727. The highest BCUT2D eigenvalue weighted by Crippen LogP contribution is 2.37. The highest BCUT2D eigenvalue weighted by Gasteiger charge is 2.40. The van der Waals surface area contributed by atoms with Gasteiger partial charge < -0.3 is 10.8 Å². The average molecular weight is 195 g/mol. The molecule has 0 fully saturated rings. The van der Waals surface area contributed by atoms with Gasteiger partial charge in [0.2, 0.25) is 0 Å². The van der Waals surface area contributed by atoms with Gasteiger partial charge in [0.1, 0.15) is 11.9 Å². The van der Waals surface area contributed by atoms with Crippen LogP contribution in [0.3, 0.4) is 0 Å². The van der Waals surface area contributed by atoms with Gasteiger partial charge in [0.15, 0.2) is 0 Å². The Kier molecular flexibility index (Phi) is 2.87. The summed E-state index contributed by atoms with van der Waals surface area (Å²) in [6, 6.07) is 0. The molecule has 3 N–H and O–H groups in total. The van der Waals surface area contributed by atoms with Crippen LogP contribution < -0.4 is 5.73 Å². The van der Waals surface area contributed by atoms with Gasteiger partial charge in [0, 0.05) is 24.5 Å². The van der Waals surface area contributed by atoms with Crippen LogP contribution in [0.15, 0.2) is 18.7 Å². The molecule has 4 nitrogen and oxygen atoms in total. The van der Waals surface area contributed by atoms with E-state index in [0.29, 0.717) is 5.56 Å². The molecule has 0 aliphatic carbocycles. The Morgan fingerprint density at radius 3 is 2.14 bits per heavy atom. The fourth-order valence-corrected chi connectivity index (χ4v) is 1.37. The minimum atomic E-state index is -1.08. The maximum atomic E-state index is 10.4. The van der Waals surface area contributed by atoms with Gasteiger partial charge in [-0.2, -0.15) is 0 Å². The largest absolute Gasteiger partial charge is 0.383 e. The van der Waals surface area contributed by atoms with Gasteiger partial charge in [0.05, 0.1) is 0 Å². The minimum Gasteiger partial charge on any atom is -0.383 e. The van der Waals surface area contributed by atoms with E-state index in [2.05, 4.69) is 9.97 Å². The molecule has 1 unspecified atom stereocenters. The van der Waals surface area contributed by atoms with Crippen molar-refractivity contribution in [2.75, 3.05) is 6.54 Å². The summed E-state index contributed by atoms with van der Waals surface area (Å²) in [5.74, 6) is 0. The lowest BCUT2D eigenvalue weighted by Gasteiger charge is -2.39.